The van der Waals surface area contributed by atoms with Gasteiger partial charge in [0.15, 0.2) is 0 Å². The number of aromatic nitrogens is 4. The number of aliphatic hydroxyl groups is 2. The number of nitrogens with one attached hydrogen (secondary N) is 2. The van der Waals surface area contributed by atoms with Crippen molar-refractivity contribution in [2.75, 3.05) is 58.3 Å². The molecule has 1 aromatic carbocycles. The Morgan fingerprint density at radius 3 is 2.42 bits per heavy atom. The number of hydrogen-bond donors (Lipinski definition) is 6. The number of nitrogens with two attached hydrogens (primary N) is 2. The van der Waals surface area contributed by atoms with Crippen LogP contribution in [0.25, 0.3) is 11.4 Å². The Balaban J connectivity index is 2.65. The average molecular weight is 508 g/mol. The highest BCUT2D eigenvalue weighted by Gasteiger charge is 2.32. The van der Waals surface area contributed by atoms with Gasteiger partial charge in [0.1, 0.15) is 9.79 Å². The number of benzene rings is 1. The summed E-state index contributed by atoms with van der Waals surface area (Å²) in [7, 11) is -5.57. The summed E-state index contributed by atoms with van der Waals surface area (Å²) in [6, 6.07) is 2.50. The van der Waals surface area contributed by atoms with E-state index in [0.717, 1.165) is 6.07 Å². The SMILES string of the molecule is CN(CCO)CCN(C)c1ccc(S(=O)(=O)NCC(O)CN)c(S(N)(=O)=O)c1-c1nn[nH]n1. The molecule has 0 aliphatic rings. The van der Waals surface area contributed by atoms with Crippen molar-refractivity contribution in [1.82, 2.24) is 30.2 Å². The topological polar surface area (TPSA) is 234 Å². The molecule has 0 saturated carbocycles. The van der Waals surface area contributed by atoms with Crippen LogP contribution >= 0.6 is 0 Å². The van der Waals surface area contributed by atoms with Crippen LogP contribution in [0.5, 0.6) is 0 Å². The van der Waals surface area contributed by atoms with Crippen LogP contribution < -0.4 is 20.5 Å². The van der Waals surface area contributed by atoms with Crippen LogP contribution in [0.3, 0.4) is 0 Å². The number of rotatable bonds is 13. The fourth-order valence-electron chi connectivity index (χ4n) is 2.94. The second-order valence-electron chi connectivity index (χ2n) is 7.26. The maximum absolute atomic E-state index is 12.9. The molecular formula is C16H29N9O6S2. The van der Waals surface area contributed by atoms with E-state index >= 15 is 0 Å². The first kappa shape index (κ1) is 27.0. The van der Waals surface area contributed by atoms with Gasteiger partial charge >= 0.3 is 0 Å². The van der Waals surface area contributed by atoms with E-state index < -0.39 is 42.5 Å². The highest BCUT2D eigenvalue weighted by atomic mass is 32.2. The van der Waals surface area contributed by atoms with E-state index in [0.29, 0.717) is 25.3 Å². The number of primary sulfonamides is 1. The van der Waals surface area contributed by atoms with Crippen LogP contribution in [0.2, 0.25) is 0 Å². The number of aromatic amines is 1. The minimum atomic E-state index is -4.61. The zero-order valence-corrected chi connectivity index (χ0v) is 19.8. The summed E-state index contributed by atoms with van der Waals surface area (Å²) in [4.78, 5) is 2.18. The predicted octanol–water partition coefficient (Wildman–Crippen LogP) is -3.53. The molecule has 1 heterocycles. The smallest absolute Gasteiger partial charge is 0.242 e. The van der Waals surface area contributed by atoms with Crippen LogP contribution in [0.15, 0.2) is 21.9 Å². The van der Waals surface area contributed by atoms with Gasteiger partial charge in [-0.1, -0.05) is 0 Å². The largest absolute Gasteiger partial charge is 0.395 e. The van der Waals surface area contributed by atoms with Gasteiger partial charge in [0, 0.05) is 45.5 Å². The first-order chi connectivity index (χ1) is 15.4. The molecule has 1 unspecified atom stereocenters. The first-order valence-corrected chi connectivity index (χ1v) is 12.8. The van der Waals surface area contributed by atoms with Crippen molar-refractivity contribution in [2.45, 2.75) is 15.9 Å². The molecule has 15 nitrogen and oxygen atoms in total. The van der Waals surface area contributed by atoms with Crippen molar-refractivity contribution in [1.29, 1.82) is 0 Å². The number of hydrogen-bond acceptors (Lipinski definition) is 12. The highest BCUT2D eigenvalue weighted by Crippen LogP contribution is 2.37. The highest BCUT2D eigenvalue weighted by molar-refractivity contribution is 7.92. The van der Waals surface area contributed by atoms with Crippen LogP contribution in [-0.2, 0) is 20.0 Å². The molecule has 0 spiro atoms. The third-order valence-electron chi connectivity index (χ3n) is 4.73. The molecule has 0 bridgehead atoms. The summed E-state index contributed by atoms with van der Waals surface area (Å²) in [5, 5.41) is 37.4. The summed E-state index contributed by atoms with van der Waals surface area (Å²) in [6.07, 6.45) is -1.17. The van der Waals surface area contributed by atoms with E-state index in [4.69, 9.17) is 16.0 Å². The van der Waals surface area contributed by atoms with Gasteiger partial charge in [0.25, 0.3) is 0 Å². The van der Waals surface area contributed by atoms with Crippen LogP contribution in [0.1, 0.15) is 0 Å². The molecule has 1 atom stereocenters. The minimum Gasteiger partial charge on any atom is -0.395 e. The number of H-pyrrole nitrogens is 1. The van der Waals surface area contributed by atoms with E-state index in [1.807, 2.05) is 4.90 Å². The van der Waals surface area contributed by atoms with Crippen molar-refractivity contribution in [2.24, 2.45) is 10.9 Å². The lowest BCUT2D eigenvalue weighted by Gasteiger charge is -2.26. The number of sulfonamides is 2. The number of anilines is 1. The molecular weight excluding hydrogens is 478 g/mol. The van der Waals surface area contributed by atoms with Gasteiger partial charge < -0.3 is 25.7 Å². The summed E-state index contributed by atoms with van der Waals surface area (Å²) in [5.41, 5.74) is 5.44. The zero-order valence-electron chi connectivity index (χ0n) is 18.2. The van der Waals surface area contributed by atoms with E-state index in [-0.39, 0.29) is 24.5 Å². The Kier molecular flexibility index (Phi) is 9.20. The fourth-order valence-corrected chi connectivity index (χ4v) is 5.61. The lowest BCUT2D eigenvalue weighted by atomic mass is 10.1. The molecule has 0 fully saturated rings. The van der Waals surface area contributed by atoms with Gasteiger partial charge in [0.05, 0.1) is 18.3 Å². The number of likely N-dealkylation sites (N-methyl/N-ethyl adjacent to an activating group) is 2. The second kappa shape index (κ2) is 11.3. The molecule has 0 radical (unpaired) electrons. The lowest BCUT2D eigenvalue weighted by Crippen LogP contribution is -2.37. The summed E-state index contributed by atoms with van der Waals surface area (Å²) in [5.74, 6) is -0.177. The normalized spacial score (nSPS) is 13.4. The Morgan fingerprint density at radius 1 is 1.18 bits per heavy atom. The molecule has 33 heavy (non-hydrogen) atoms. The second-order valence-corrected chi connectivity index (χ2v) is 10.5. The predicted molar refractivity (Wildman–Crippen MR) is 119 cm³/mol. The van der Waals surface area contributed by atoms with Crippen molar-refractivity contribution < 1.29 is 27.0 Å². The number of aliphatic hydroxyl groups excluding tert-OH is 2. The standard InChI is InChI=1S/C16H29N9O6S2/c1-24(7-8-26)5-6-25(2)12-3-4-13(33(30,31)19-10-11(27)9-17)15(32(18,28)29)14(12)16-20-22-23-21-16/h3-4,11,19,26-27H,5-10,17H2,1-2H3,(H2,18,28,29)(H,20,21,22,23). The molecule has 0 aliphatic carbocycles. The monoisotopic (exact) mass is 507 g/mol. The van der Waals surface area contributed by atoms with Gasteiger partial charge in [-0.3, -0.25) is 0 Å². The third-order valence-corrected chi connectivity index (χ3v) is 7.32. The quantitative estimate of drug-likeness (QED) is 0.155. The molecule has 0 aliphatic heterocycles. The van der Waals surface area contributed by atoms with E-state index in [1.165, 1.54) is 6.07 Å². The molecule has 2 aromatic rings. The zero-order chi connectivity index (χ0) is 24.8. The van der Waals surface area contributed by atoms with Crippen molar-refractivity contribution in [3.8, 4) is 11.4 Å². The number of tetrazole rings is 1. The van der Waals surface area contributed by atoms with Crippen LogP contribution in [0.4, 0.5) is 5.69 Å². The van der Waals surface area contributed by atoms with Gasteiger partial charge in [-0.15, -0.1) is 10.2 Å². The first-order valence-electron chi connectivity index (χ1n) is 9.74. The Hall–Kier alpha value is -2.25. The van der Waals surface area contributed by atoms with Crippen LogP contribution in [0, 0.1) is 0 Å². The summed E-state index contributed by atoms with van der Waals surface area (Å²) >= 11 is 0. The number of nitrogens with zero attached hydrogens (tertiary/aromatic N) is 5. The molecule has 8 N–H and O–H groups in total. The van der Waals surface area contributed by atoms with Gasteiger partial charge in [0.2, 0.25) is 25.9 Å². The third kappa shape index (κ3) is 6.87. The molecule has 186 valence electrons. The maximum Gasteiger partial charge on any atom is 0.242 e. The van der Waals surface area contributed by atoms with Gasteiger partial charge in [-0.05, 0) is 24.4 Å². The average Bonchev–Trinajstić information content (AvgIpc) is 3.29. The molecule has 1 aromatic heterocycles. The lowest BCUT2D eigenvalue weighted by molar-refractivity contribution is 0.186. The Labute approximate surface area is 191 Å². The van der Waals surface area contributed by atoms with E-state index in [2.05, 4.69) is 25.3 Å². The van der Waals surface area contributed by atoms with Crippen molar-refractivity contribution in [3.63, 3.8) is 0 Å². The molecule has 17 heteroatoms. The maximum atomic E-state index is 12.9. The molecule has 2 rings (SSSR count). The van der Waals surface area contributed by atoms with Crippen molar-refractivity contribution in [3.05, 3.63) is 12.1 Å². The van der Waals surface area contributed by atoms with Crippen LogP contribution in [-0.4, -0.2) is 112 Å². The minimum absolute atomic E-state index is 0.0255. The summed E-state index contributed by atoms with van der Waals surface area (Å²) in [6.45, 7) is 0.671. The van der Waals surface area contributed by atoms with Crippen molar-refractivity contribution >= 4 is 25.7 Å². The summed E-state index contributed by atoms with van der Waals surface area (Å²) < 4.78 is 53.2. The molecule has 0 saturated heterocycles. The van der Waals surface area contributed by atoms with Gasteiger partial charge in [-0.2, -0.15) is 5.21 Å². The van der Waals surface area contributed by atoms with E-state index in [1.54, 1.807) is 19.0 Å². The Morgan fingerprint density at radius 2 is 1.88 bits per heavy atom. The van der Waals surface area contributed by atoms with E-state index in [9.17, 15) is 21.9 Å². The van der Waals surface area contributed by atoms with Gasteiger partial charge in [-0.25, -0.2) is 26.7 Å². The molecule has 0 amide bonds. The fraction of sp³-hybridized carbons (Fsp3) is 0.562. The Bertz CT molecular complexity index is 1130.